The number of hydrogen-bond donors (Lipinski definition) is 0. The molecule has 2 aromatic heterocycles. The van der Waals surface area contributed by atoms with E-state index in [0.717, 1.165) is 10.4 Å². The predicted molar refractivity (Wildman–Crippen MR) is 84.7 cm³/mol. The highest BCUT2D eigenvalue weighted by Crippen LogP contribution is 2.25. The molecule has 22 heavy (non-hydrogen) atoms. The van der Waals surface area contributed by atoms with Gasteiger partial charge in [-0.15, -0.1) is 11.3 Å². The maximum atomic E-state index is 12.7. The van der Waals surface area contributed by atoms with Crippen molar-refractivity contribution in [2.75, 3.05) is 11.5 Å². The summed E-state index contributed by atoms with van der Waals surface area (Å²) in [6.45, 7) is 2.41. The van der Waals surface area contributed by atoms with Gasteiger partial charge in [0.15, 0.2) is 15.6 Å². The van der Waals surface area contributed by atoms with Crippen LogP contribution in [0, 0.1) is 6.92 Å². The Kier molecular flexibility index (Phi) is 4.10. The molecule has 3 heterocycles. The smallest absolute Gasteiger partial charge is 0.290 e. The van der Waals surface area contributed by atoms with E-state index < -0.39 is 9.84 Å². The monoisotopic (exact) mass is 339 g/mol. The third-order valence-corrected chi connectivity index (χ3v) is 6.68. The quantitative estimate of drug-likeness (QED) is 0.858. The third kappa shape index (κ3) is 3.10. The summed E-state index contributed by atoms with van der Waals surface area (Å²) >= 11 is 1.58. The van der Waals surface area contributed by atoms with Crippen LogP contribution in [-0.4, -0.2) is 36.8 Å². The van der Waals surface area contributed by atoms with E-state index in [1.54, 1.807) is 28.4 Å². The highest BCUT2D eigenvalue weighted by Gasteiger charge is 2.36. The summed E-state index contributed by atoms with van der Waals surface area (Å²) in [6, 6.07) is 4.98. The lowest BCUT2D eigenvalue weighted by atomic mass is 10.2. The second-order valence-corrected chi connectivity index (χ2v) is 8.72. The first-order chi connectivity index (χ1) is 10.5. The van der Waals surface area contributed by atoms with E-state index in [0.29, 0.717) is 13.0 Å². The average molecular weight is 339 g/mol. The molecule has 1 atom stereocenters. The van der Waals surface area contributed by atoms with E-state index in [1.807, 2.05) is 18.4 Å². The molecule has 0 spiro atoms. The van der Waals surface area contributed by atoms with Gasteiger partial charge in [0.1, 0.15) is 0 Å². The molecule has 0 radical (unpaired) electrons. The van der Waals surface area contributed by atoms with Crippen molar-refractivity contribution in [2.24, 2.45) is 0 Å². The molecule has 118 valence electrons. The van der Waals surface area contributed by atoms with E-state index >= 15 is 0 Å². The van der Waals surface area contributed by atoms with E-state index in [1.165, 1.54) is 6.26 Å². The summed E-state index contributed by atoms with van der Waals surface area (Å²) < 4.78 is 28.7. The van der Waals surface area contributed by atoms with Gasteiger partial charge in [-0.05, 0) is 42.5 Å². The zero-order valence-corrected chi connectivity index (χ0v) is 13.8. The highest BCUT2D eigenvalue weighted by molar-refractivity contribution is 7.91. The van der Waals surface area contributed by atoms with Crippen molar-refractivity contribution >= 4 is 27.1 Å². The van der Waals surface area contributed by atoms with Crippen LogP contribution >= 0.6 is 11.3 Å². The largest absolute Gasteiger partial charge is 0.459 e. The Morgan fingerprint density at radius 3 is 2.82 bits per heavy atom. The van der Waals surface area contributed by atoms with Crippen molar-refractivity contribution in [3.63, 3.8) is 0 Å². The lowest BCUT2D eigenvalue weighted by molar-refractivity contribution is 0.0650. The number of thiophene rings is 1. The van der Waals surface area contributed by atoms with Crippen LogP contribution in [0.4, 0.5) is 0 Å². The predicted octanol–water partition coefficient (Wildman–Crippen LogP) is 2.48. The summed E-state index contributed by atoms with van der Waals surface area (Å²) in [5.74, 6) is 0.172. The minimum absolute atomic E-state index is 0.0316. The van der Waals surface area contributed by atoms with Gasteiger partial charge < -0.3 is 9.32 Å². The minimum atomic E-state index is -3.05. The van der Waals surface area contributed by atoms with Crippen molar-refractivity contribution < 1.29 is 17.6 Å². The highest BCUT2D eigenvalue weighted by atomic mass is 32.2. The molecule has 1 fully saturated rings. The lowest BCUT2D eigenvalue weighted by Gasteiger charge is -2.27. The maximum absolute atomic E-state index is 12.7. The van der Waals surface area contributed by atoms with Gasteiger partial charge in [-0.2, -0.15) is 0 Å². The number of carbonyl (C=O) groups excluding carboxylic acids is 1. The molecule has 2 aromatic rings. The summed E-state index contributed by atoms with van der Waals surface area (Å²) in [6.07, 6.45) is 1.94. The van der Waals surface area contributed by atoms with Gasteiger partial charge in [-0.25, -0.2) is 8.42 Å². The van der Waals surface area contributed by atoms with Crippen molar-refractivity contribution in [1.82, 2.24) is 4.90 Å². The second-order valence-electron chi connectivity index (χ2n) is 5.49. The number of hydrogen-bond acceptors (Lipinski definition) is 5. The second kappa shape index (κ2) is 5.89. The van der Waals surface area contributed by atoms with Crippen molar-refractivity contribution in [2.45, 2.75) is 25.9 Å². The summed E-state index contributed by atoms with van der Waals surface area (Å²) in [5.41, 5.74) is 1.11. The molecule has 1 unspecified atom stereocenters. The standard InChI is InChI=1S/C15H17NO4S2/c1-11-4-7-21-14(11)9-16(12-5-8-22(18,19)10-12)15(17)13-3-2-6-20-13/h2-4,6-7,12H,5,8-10H2,1H3. The maximum Gasteiger partial charge on any atom is 0.290 e. The molecule has 5 nitrogen and oxygen atoms in total. The van der Waals surface area contributed by atoms with Crippen LogP contribution in [-0.2, 0) is 16.4 Å². The van der Waals surface area contributed by atoms with Crippen LogP contribution in [0.1, 0.15) is 27.4 Å². The average Bonchev–Trinajstić information content (AvgIpc) is 3.17. The van der Waals surface area contributed by atoms with E-state index in [-0.39, 0.29) is 29.2 Å². The molecular formula is C15H17NO4S2. The fraction of sp³-hybridized carbons (Fsp3) is 0.400. The number of amides is 1. The van der Waals surface area contributed by atoms with Gasteiger partial charge in [-0.3, -0.25) is 4.79 Å². The molecule has 1 aliphatic rings. The molecule has 1 amide bonds. The number of sulfone groups is 1. The van der Waals surface area contributed by atoms with Gasteiger partial charge in [0.2, 0.25) is 0 Å². The minimum Gasteiger partial charge on any atom is -0.459 e. The summed E-state index contributed by atoms with van der Waals surface area (Å²) in [7, 11) is -3.05. The van der Waals surface area contributed by atoms with E-state index in [9.17, 15) is 13.2 Å². The number of carbonyl (C=O) groups is 1. The molecular weight excluding hydrogens is 322 g/mol. The fourth-order valence-corrected chi connectivity index (χ4v) is 5.29. The molecule has 0 aromatic carbocycles. The van der Waals surface area contributed by atoms with Gasteiger partial charge in [-0.1, -0.05) is 0 Å². The number of furan rings is 1. The Balaban J connectivity index is 1.88. The third-order valence-electron chi connectivity index (χ3n) is 3.92. The normalized spacial score (nSPS) is 20.1. The number of rotatable bonds is 4. The molecule has 1 aliphatic heterocycles. The van der Waals surface area contributed by atoms with Crippen molar-refractivity contribution in [1.29, 1.82) is 0 Å². The SMILES string of the molecule is Cc1ccsc1CN(C(=O)c1ccco1)C1CCS(=O)(=O)C1. The zero-order chi connectivity index (χ0) is 15.7. The van der Waals surface area contributed by atoms with E-state index in [4.69, 9.17) is 4.42 Å². The first-order valence-corrected chi connectivity index (χ1v) is 9.74. The lowest BCUT2D eigenvalue weighted by Crippen LogP contribution is -2.40. The van der Waals surface area contributed by atoms with Crippen LogP contribution in [0.5, 0.6) is 0 Å². The van der Waals surface area contributed by atoms with Crippen LogP contribution in [0.15, 0.2) is 34.3 Å². The van der Waals surface area contributed by atoms with Gasteiger partial charge >= 0.3 is 0 Å². The molecule has 0 bridgehead atoms. The first-order valence-electron chi connectivity index (χ1n) is 7.04. The molecule has 3 rings (SSSR count). The number of aryl methyl sites for hydroxylation is 1. The molecule has 0 saturated carbocycles. The van der Waals surface area contributed by atoms with Crippen molar-refractivity contribution in [3.8, 4) is 0 Å². The number of nitrogens with zero attached hydrogens (tertiary/aromatic N) is 1. The molecule has 0 N–H and O–H groups in total. The molecule has 0 aliphatic carbocycles. The van der Waals surface area contributed by atoms with Gasteiger partial charge in [0.25, 0.3) is 5.91 Å². The van der Waals surface area contributed by atoms with Crippen LogP contribution in [0.2, 0.25) is 0 Å². The van der Waals surface area contributed by atoms with Crippen molar-refractivity contribution in [3.05, 3.63) is 46.0 Å². The van der Waals surface area contributed by atoms with E-state index in [2.05, 4.69) is 0 Å². The Bertz CT molecular complexity index is 761. The zero-order valence-electron chi connectivity index (χ0n) is 12.2. The first kappa shape index (κ1) is 15.3. The Morgan fingerprint density at radius 1 is 1.45 bits per heavy atom. The summed E-state index contributed by atoms with van der Waals surface area (Å²) in [4.78, 5) is 15.4. The van der Waals surface area contributed by atoms with Crippen LogP contribution < -0.4 is 0 Å². The Labute approximate surface area is 133 Å². The van der Waals surface area contributed by atoms with Crippen LogP contribution in [0.25, 0.3) is 0 Å². The fourth-order valence-electron chi connectivity index (χ4n) is 2.65. The topological polar surface area (TPSA) is 67.6 Å². The Hall–Kier alpha value is -1.60. The summed E-state index contributed by atoms with van der Waals surface area (Å²) in [5, 5.41) is 1.98. The van der Waals surface area contributed by atoms with Gasteiger partial charge in [0, 0.05) is 10.9 Å². The molecule has 7 heteroatoms. The van der Waals surface area contributed by atoms with Gasteiger partial charge in [0.05, 0.1) is 24.3 Å². The Morgan fingerprint density at radius 2 is 2.27 bits per heavy atom. The molecule has 1 saturated heterocycles. The van der Waals surface area contributed by atoms with Crippen LogP contribution in [0.3, 0.4) is 0 Å².